The van der Waals surface area contributed by atoms with Gasteiger partial charge in [0.05, 0.1) is 23.4 Å². The highest BCUT2D eigenvalue weighted by Gasteiger charge is 2.57. The molecular weight excluding hydrogens is 644 g/mol. The maximum Gasteiger partial charge on any atom is 0.303 e. The molecule has 2 rings (SSSR count). The van der Waals surface area contributed by atoms with E-state index in [9.17, 15) is 28.8 Å². The van der Waals surface area contributed by atoms with Crippen molar-refractivity contribution in [3.05, 3.63) is 0 Å². The molecule has 17 nitrogen and oxygen atoms in total. The van der Waals surface area contributed by atoms with E-state index in [2.05, 4.69) is 44.7 Å². The summed E-state index contributed by atoms with van der Waals surface area (Å²) in [5.74, 6) is -5.06. The van der Waals surface area contributed by atoms with Gasteiger partial charge in [-0.15, -0.1) is 0 Å². The second-order valence-electron chi connectivity index (χ2n) is 9.53. The van der Waals surface area contributed by atoms with Gasteiger partial charge in [0.15, 0.2) is 36.6 Å². The van der Waals surface area contributed by atoms with E-state index in [-0.39, 0.29) is 13.1 Å². The van der Waals surface area contributed by atoms with Crippen LogP contribution in [0.1, 0.15) is 41.5 Å². The van der Waals surface area contributed by atoms with Crippen LogP contribution in [0.5, 0.6) is 0 Å². The van der Waals surface area contributed by atoms with E-state index in [1.807, 2.05) is 0 Å². The number of ether oxygens (including phenoxy) is 9. The molecule has 0 amide bonds. The molecule has 0 unspecified atom stereocenters. The third-order valence-corrected chi connectivity index (χ3v) is 6.19. The Kier molecular flexibility index (Phi) is 14.7. The number of carbonyl (C=O) groups excluding carboxylic acids is 6. The first-order chi connectivity index (χ1) is 21.2. The zero-order valence-corrected chi connectivity index (χ0v) is 26.7. The average molecular weight is 677 g/mol. The summed E-state index contributed by atoms with van der Waals surface area (Å²) in [5.41, 5.74) is 0. The Morgan fingerprint density at radius 1 is 0.511 bits per heavy atom. The molecular formula is C26H32N2O15S2. The van der Waals surface area contributed by atoms with Gasteiger partial charge in [-0.3, -0.25) is 28.8 Å². The molecule has 19 heteroatoms. The molecule has 2 heterocycles. The van der Waals surface area contributed by atoms with Crippen LogP contribution in [0.4, 0.5) is 0 Å². The Morgan fingerprint density at radius 2 is 0.778 bits per heavy atom. The van der Waals surface area contributed by atoms with Gasteiger partial charge in [-0.05, 0) is 24.4 Å². The van der Waals surface area contributed by atoms with Crippen LogP contribution >= 0.6 is 24.4 Å². The molecule has 2 aliphatic heterocycles. The highest BCUT2D eigenvalue weighted by atomic mass is 32.1. The van der Waals surface area contributed by atoms with Gasteiger partial charge in [-0.25, -0.2) is 9.98 Å². The minimum atomic E-state index is -1.71. The molecule has 0 aromatic rings. The van der Waals surface area contributed by atoms with Crippen LogP contribution in [0.15, 0.2) is 9.98 Å². The Labute approximate surface area is 267 Å². The van der Waals surface area contributed by atoms with Crippen LogP contribution < -0.4 is 0 Å². The first-order valence-corrected chi connectivity index (χ1v) is 14.1. The Hall–Kier alpha value is -3.70. The summed E-state index contributed by atoms with van der Waals surface area (Å²) in [5, 5.41) is 4.28. The van der Waals surface area contributed by atoms with Crippen LogP contribution in [0.3, 0.4) is 0 Å². The zero-order chi connectivity index (χ0) is 33.8. The SMILES string of the molecule is CC(=O)O[C@@H]1[C@@H](OC(C)=O)[C@@H](O[C@H]2O[C@H](CN=C=S)[C@@H](OC(C)=O)[C@H](OC(C)=O)[C@H]2OC(C)=O)O[C@H](CN=C=S)[C@H]1OC(C)=O. The van der Waals surface area contributed by atoms with Gasteiger partial charge < -0.3 is 42.6 Å². The van der Waals surface area contributed by atoms with Crippen LogP contribution in [0.25, 0.3) is 0 Å². The number of nitrogens with zero attached hydrogens (tertiary/aromatic N) is 2. The van der Waals surface area contributed by atoms with Crippen LogP contribution in [-0.2, 0) is 71.4 Å². The van der Waals surface area contributed by atoms with Gasteiger partial charge in [0.25, 0.3) is 0 Å². The largest absolute Gasteiger partial charge is 0.456 e. The number of aliphatic imine (C=N–C) groups is 2. The van der Waals surface area contributed by atoms with E-state index in [0.717, 1.165) is 41.5 Å². The van der Waals surface area contributed by atoms with Gasteiger partial charge in [-0.1, -0.05) is 0 Å². The second kappa shape index (κ2) is 17.7. The Bertz CT molecular complexity index is 1140. The van der Waals surface area contributed by atoms with E-state index in [1.165, 1.54) is 0 Å². The lowest BCUT2D eigenvalue weighted by molar-refractivity contribution is -0.372. The summed E-state index contributed by atoms with van der Waals surface area (Å²) in [6.45, 7) is 5.81. The van der Waals surface area contributed by atoms with Gasteiger partial charge >= 0.3 is 35.8 Å². The van der Waals surface area contributed by atoms with Crippen molar-refractivity contribution >= 4 is 70.6 Å². The average Bonchev–Trinajstić information content (AvgIpc) is 2.91. The van der Waals surface area contributed by atoms with E-state index in [0.29, 0.717) is 0 Å². The number of hydrogen-bond acceptors (Lipinski definition) is 19. The lowest BCUT2D eigenvalue weighted by atomic mass is 9.96. The molecule has 0 saturated carbocycles. The summed E-state index contributed by atoms with van der Waals surface area (Å²) in [7, 11) is 0. The molecule has 2 saturated heterocycles. The van der Waals surface area contributed by atoms with E-state index in [4.69, 9.17) is 42.6 Å². The number of rotatable bonds is 12. The van der Waals surface area contributed by atoms with Crippen molar-refractivity contribution in [3.8, 4) is 0 Å². The normalized spacial score (nSPS) is 30.6. The standard InChI is InChI=1S/C26H32N2O15S2/c1-11(29)35-19-17(7-27-9-44)41-25(23(39-15(5)33)21(19)37-13(3)31)43-26-24(40-16(6)34)22(38-14(4)32)20(36-12(2)30)18(42-26)8-28-10-45/h17-26H,7-8H2,1-6H3/t17-,18-,19-,20-,21+,22+,23-,24-,25-,26-/m1/s1. The maximum atomic E-state index is 12.2. The molecule has 0 N–H and O–H groups in total. The fourth-order valence-corrected chi connectivity index (χ4v) is 4.76. The third kappa shape index (κ3) is 11.3. The van der Waals surface area contributed by atoms with Crippen molar-refractivity contribution in [2.24, 2.45) is 9.98 Å². The monoisotopic (exact) mass is 676 g/mol. The van der Waals surface area contributed by atoms with Crippen molar-refractivity contribution in [3.63, 3.8) is 0 Å². The summed E-state index contributed by atoms with van der Waals surface area (Å²) < 4.78 is 50.5. The van der Waals surface area contributed by atoms with Crippen LogP contribution in [0, 0.1) is 0 Å². The summed E-state index contributed by atoms with van der Waals surface area (Å²) in [6.07, 6.45) is -14.9. The minimum Gasteiger partial charge on any atom is -0.456 e. The van der Waals surface area contributed by atoms with E-state index in [1.54, 1.807) is 0 Å². The molecule has 2 fully saturated rings. The van der Waals surface area contributed by atoms with E-state index >= 15 is 0 Å². The molecule has 0 aromatic heterocycles. The summed E-state index contributed by atoms with van der Waals surface area (Å²) >= 11 is 9.29. The maximum absolute atomic E-state index is 12.2. The molecule has 248 valence electrons. The quantitative estimate of drug-likeness (QED) is 0.117. The van der Waals surface area contributed by atoms with Crippen molar-refractivity contribution in [1.29, 1.82) is 0 Å². The molecule has 0 radical (unpaired) electrons. The Balaban J connectivity index is 2.69. The molecule has 45 heavy (non-hydrogen) atoms. The summed E-state index contributed by atoms with van der Waals surface area (Å²) in [4.78, 5) is 80.3. The summed E-state index contributed by atoms with van der Waals surface area (Å²) in [6, 6.07) is 0. The fourth-order valence-electron chi connectivity index (χ4n) is 4.61. The molecule has 2 aliphatic rings. The van der Waals surface area contributed by atoms with Crippen molar-refractivity contribution < 1.29 is 71.4 Å². The van der Waals surface area contributed by atoms with Gasteiger partial charge in [0.2, 0.25) is 12.6 Å². The van der Waals surface area contributed by atoms with Crippen LogP contribution in [0.2, 0.25) is 0 Å². The lowest BCUT2D eigenvalue weighted by Crippen LogP contribution is -2.66. The van der Waals surface area contributed by atoms with E-state index < -0.39 is 97.2 Å². The number of esters is 6. The zero-order valence-electron chi connectivity index (χ0n) is 25.0. The number of thiocarbonyl (C=S) groups is 2. The minimum absolute atomic E-state index is 0.290. The van der Waals surface area contributed by atoms with Crippen molar-refractivity contribution in [2.75, 3.05) is 13.1 Å². The highest BCUT2D eigenvalue weighted by Crippen LogP contribution is 2.35. The lowest BCUT2D eigenvalue weighted by Gasteiger charge is -2.47. The first-order valence-electron chi connectivity index (χ1n) is 13.2. The molecule has 0 aromatic carbocycles. The van der Waals surface area contributed by atoms with Crippen molar-refractivity contribution in [2.45, 2.75) is 103 Å². The number of carbonyl (C=O) groups is 6. The van der Waals surface area contributed by atoms with Gasteiger partial charge in [0, 0.05) is 41.5 Å². The number of isothiocyanates is 2. The van der Waals surface area contributed by atoms with Crippen LogP contribution in [-0.4, -0.2) is 121 Å². The van der Waals surface area contributed by atoms with Gasteiger partial charge in [0.1, 0.15) is 12.2 Å². The molecule has 0 spiro atoms. The predicted molar refractivity (Wildman–Crippen MR) is 152 cm³/mol. The third-order valence-electron chi connectivity index (χ3n) is 5.93. The predicted octanol–water partition coefficient (Wildman–Crippen LogP) is 0.249. The fraction of sp³-hybridized carbons (Fsp3) is 0.692. The molecule has 10 atom stereocenters. The Morgan fingerprint density at radius 3 is 1.04 bits per heavy atom. The number of hydrogen-bond donors (Lipinski definition) is 0. The highest BCUT2D eigenvalue weighted by molar-refractivity contribution is 7.78. The first kappa shape index (κ1) is 37.5. The topological polar surface area (TPSA) is 210 Å². The van der Waals surface area contributed by atoms with Gasteiger partial charge in [-0.2, -0.15) is 0 Å². The van der Waals surface area contributed by atoms with Crippen molar-refractivity contribution in [1.82, 2.24) is 0 Å². The smallest absolute Gasteiger partial charge is 0.303 e. The second-order valence-corrected chi connectivity index (χ2v) is 9.90. The molecule has 0 bridgehead atoms. The molecule has 0 aliphatic carbocycles.